The summed E-state index contributed by atoms with van der Waals surface area (Å²) in [6.07, 6.45) is 2.58. The summed E-state index contributed by atoms with van der Waals surface area (Å²) in [7, 11) is 0. The van der Waals surface area contributed by atoms with Crippen molar-refractivity contribution in [3.63, 3.8) is 0 Å². The molecule has 0 aromatic carbocycles. The van der Waals surface area contributed by atoms with Crippen LogP contribution < -0.4 is 0 Å². The molecule has 1 saturated heterocycles. The zero-order valence-corrected chi connectivity index (χ0v) is 14.8. The normalized spacial score (nSPS) is 16.0. The molecule has 1 fully saturated rings. The Labute approximate surface area is 141 Å². The second-order valence-electron chi connectivity index (χ2n) is 5.59. The van der Waals surface area contributed by atoms with Crippen molar-refractivity contribution in [2.75, 3.05) is 26.2 Å². The Morgan fingerprint density at radius 2 is 1.77 bits per heavy atom. The first-order valence-corrected chi connectivity index (χ1v) is 9.09. The number of nitrogens with zero attached hydrogens (tertiary/aromatic N) is 2. The third kappa shape index (κ3) is 4.02. The van der Waals surface area contributed by atoms with Crippen molar-refractivity contribution < 1.29 is 9.59 Å². The smallest absolute Gasteiger partial charge is 0.264 e. The number of hydrogen-bond acceptors (Lipinski definition) is 3. The van der Waals surface area contributed by atoms with Crippen LogP contribution in [0.1, 0.15) is 42.8 Å². The van der Waals surface area contributed by atoms with Crippen molar-refractivity contribution in [3.05, 3.63) is 21.3 Å². The lowest BCUT2D eigenvalue weighted by Crippen LogP contribution is -2.39. The predicted octanol–water partition coefficient (Wildman–Crippen LogP) is 3.51. The zero-order chi connectivity index (χ0) is 16.1. The molecule has 0 radical (unpaired) electrons. The van der Waals surface area contributed by atoms with Gasteiger partial charge in [0.1, 0.15) is 0 Å². The average Bonchev–Trinajstić information content (AvgIpc) is 2.81. The lowest BCUT2D eigenvalue weighted by Gasteiger charge is -2.25. The Bertz CT molecular complexity index is 528. The van der Waals surface area contributed by atoms with Crippen LogP contribution in [-0.2, 0) is 4.79 Å². The van der Waals surface area contributed by atoms with E-state index in [1.165, 1.54) is 11.3 Å². The van der Waals surface area contributed by atoms with E-state index in [0.717, 1.165) is 25.8 Å². The summed E-state index contributed by atoms with van der Waals surface area (Å²) in [4.78, 5) is 29.4. The molecule has 0 saturated carbocycles. The van der Waals surface area contributed by atoms with Crippen LogP contribution >= 0.6 is 22.9 Å². The van der Waals surface area contributed by atoms with Crippen molar-refractivity contribution in [2.45, 2.75) is 33.1 Å². The van der Waals surface area contributed by atoms with Gasteiger partial charge in [-0.05, 0) is 31.4 Å². The molecule has 0 spiro atoms. The highest BCUT2D eigenvalue weighted by atomic mass is 35.5. The first kappa shape index (κ1) is 17.3. The Balaban J connectivity index is 1.97. The Kier molecular flexibility index (Phi) is 6.26. The van der Waals surface area contributed by atoms with E-state index in [1.54, 1.807) is 12.1 Å². The molecule has 2 rings (SSSR count). The van der Waals surface area contributed by atoms with E-state index in [0.29, 0.717) is 28.8 Å². The van der Waals surface area contributed by atoms with Crippen LogP contribution in [0.4, 0.5) is 0 Å². The molecule has 1 aliphatic rings. The SMILES string of the molecule is CCC(CC)C(=O)N1CCCN(C(=O)c2ccc(Cl)s2)CC1. The molecule has 0 unspecified atom stereocenters. The quantitative estimate of drug-likeness (QED) is 0.840. The molecule has 2 amide bonds. The lowest BCUT2D eigenvalue weighted by atomic mass is 10.0. The van der Waals surface area contributed by atoms with Gasteiger partial charge in [0.2, 0.25) is 5.91 Å². The highest BCUT2D eigenvalue weighted by molar-refractivity contribution is 7.17. The third-order valence-electron chi connectivity index (χ3n) is 4.21. The van der Waals surface area contributed by atoms with Gasteiger partial charge in [-0.3, -0.25) is 9.59 Å². The fourth-order valence-corrected chi connectivity index (χ4v) is 3.83. The molecule has 1 aromatic heterocycles. The van der Waals surface area contributed by atoms with Gasteiger partial charge in [-0.2, -0.15) is 0 Å². The maximum Gasteiger partial charge on any atom is 0.264 e. The topological polar surface area (TPSA) is 40.6 Å². The number of amides is 2. The van der Waals surface area contributed by atoms with Crippen LogP contribution in [0, 0.1) is 5.92 Å². The van der Waals surface area contributed by atoms with Gasteiger partial charge in [-0.15, -0.1) is 11.3 Å². The minimum absolute atomic E-state index is 0.0220. The molecule has 0 bridgehead atoms. The highest BCUT2D eigenvalue weighted by Gasteiger charge is 2.26. The Hall–Kier alpha value is -1.07. The number of halogens is 1. The lowest BCUT2D eigenvalue weighted by molar-refractivity contribution is -0.135. The van der Waals surface area contributed by atoms with Crippen LogP contribution in [0.3, 0.4) is 0 Å². The van der Waals surface area contributed by atoms with E-state index < -0.39 is 0 Å². The molecular weight excluding hydrogens is 320 g/mol. The first-order valence-electron chi connectivity index (χ1n) is 7.90. The largest absolute Gasteiger partial charge is 0.341 e. The zero-order valence-electron chi connectivity index (χ0n) is 13.2. The summed E-state index contributed by atoms with van der Waals surface area (Å²) >= 11 is 7.21. The minimum Gasteiger partial charge on any atom is -0.341 e. The van der Waals surface area contributed by atoms with E-state index in [2.05, 4.69) is 13.8 Å². The standard InChI is InChI=1S/C16H23ClN2O2S/c1-3-12(4-2)15(20)18-8-5-9-19(11-10-18)16(21)13-6-7-14(17)22-13/h6-7,12H,3-5,8-11H2,1-2H3. The molecular formula is C16H23ClN2O2S. The summed E-state index contributed by atoms with van der Waals surface area (Å²) in [5, 5.41) is 0. The second-order valence-corrected chi connectivity index (χ2v) is 7.30. The van der Waals surface area contributed by atoms with Crippen LogP contribution in [0.25, 0.3) is 0 Å². The fraction of sp³-hybridized carbons (Fsp3) is 0.625. The Morgan fingerprint density at radius 3 is 2.36 bits per heavy atom. The maximum atomic E-state index is 12.5. The van der Waals surface area contributed by atoms with Gasteiger partial charge in [0, 0.05) is 32.1 Å². The summed E-state index contributed by atoms with van der Waals surface area (Å²) in [5.74, 6) is 0.366. The van der Waals surface area contributed by atoms with Crippen molar-refractivity contribution >= 4 is 34.8 Å². The van der Waals surface area contributed by atoms with Gasteiger partial charge < -0.3 is 9.80 Å². The van der Waals surface area contributed by atoms with E-state index in [9.17, 15) is 9.59 Å². The highest BCUT2D eigenvalue weighted by Crippen LogP contribution is 2.23. The molecule has 0 N–H and O–H groups in total. The summed E-state index contributed by atoms with van der Waals surface area (Å²) in [5.41, 5.74) is 0. The van der Waals surface area contributed by atoms with Gasteiger partial charge in [0.25, 0.3) is 5.91 Å². The molecule has 2 heterocycles. The van der Waals surface area contributed by atoms with E-state index in [-0.39, 0.29) is 17.7 Å². The second kappa shape index (κ2) is 7.97. The number of hydrogen-bond donors (Lipinski definition) is 0. The van der Waals surface area contributed by atoms with Gasteiger partial charge >= 0.3 is 0 Å². The van der Waals surface area contributed by atoms with E-state index in [4.69, 9.17) is 11.6 Å². The van der Waals surface area contributed by atoms with E-state index >= 15 is 0 Å². The summed E-state index contributed by atoms with van der Waals surface area (Å²) < 4.78 is 0.628. The number of carbonyl (C=O) groups is 2. The number of carbonyl (C=O) groups excluding carboxylic acids is 2. The predicted molar refractivity (Wildman–Crippen MR) is 90.5 cm³/mol. The maximum absolute atomic E-state index is 12.5. The molecule has 6 heteroatoms. The number of rotatable bonds is 4. The van der Waals surface area contributed by atoms with Gasteiger partial charge in [0.05, 0.1) is 9.21 Å². The fourth-order valence-electron chi connectivity index (χ4n) is 2.82. The molecule has 22 heavy (non-hydrogen) atoms. The summed E-state index contributed by atoms with van der Waals surface area (Å²) in [6, 6.07) is 3.52. The van der Waals surface area contributed by atoms with Crippen molar-refractivity contribution in [1.82, 2.24) is 9.80 Å². The van der Waals surface area contributed by atoms with Gasteiger partial charge in [-0.25, -0.2) is 0 Å². The molecule has 0 atom stereocenters. The molecule has 122 valence electrons. The van der Waals surface area contributed by atoms with E-state index in [1.807, 2.05) is 9.80 Å². The molecule has 1 aromatic rings. The Morgan fingerprint density at radius 1 is 1.14 bits per heavy atom. The first-order chi connectivity index (χ1) is 10.6. The molecule has 1 aliphatic heterocycles. The van der Waals surface area contributed by atoms with Crippen LogP contribution in [0.5, 0.6) is 0 Å². The minimum atomic E-state index is 0.0220. The molecule has 0 aliphatic carbocycles. The number of thiophene rings is 1. The van der Waals surface area contributed by atoms with Crippen LogP contribution in [0.2, 0.25) is 4.34 Å². The third-order valence-corrected chi connectivity index (χ3v) is 5.43. The van der Waals surface area contributed by atoms with Crippen molar-refractivity contribution in [2.24, 2.45) is 5.92 Å². The monoisotopic (exact) mass is 342 g/mol. The van der Waals surface area contributed by atoms with Crippen molar-refractivity contribution in [1.29, 1.82) is 0 Å². The van der Waals surface area contributed by atoms with Crippen LogP contribution in [-0.4, -0.2) is 47.8 Å². The van der Waals surface area contributed by atoms with Crippen LogP contribution in [0.15, 0.2) is 12.1 Å². The van der Waals surface area contributed by atoms with Gasteiger partial charge in [-0.1, -0.05) is 25.4 Å². The average molecular weight is 343 g/mol. The molecule has 4 nitrogen and oxygen atoms in total. The van der Waals surface area contributed by atoms with Gasteiger partial charge in [0.15, 0.2) is 0 Å². The summed E-state index contributed by atoms with van der Waals surface area (Å²) in [6.45, 7) is 6.77. The van der Waals surface area contributed by atoms with Crippen molar-refractivity contribution in [3.8, 4) is 0 Å².